The predicted molar refractivity (Wildman–Crippen MR) is 126 cm³/mol. The van der Waals surface area contributed by atoms with Crippen LogP contribution in [0.15, 0.2) is 24.3 Å². The number of nitro benzene ring substituents is 1. The molecular weight excluding hydrogens is 414 g/mol. The summed E-state index contributed by atoms with van der Waals surface area (Å²) in [4.78, 5) is 23.6. The van der Waals surface area contributed by atoms with Gasteiger partial charge in [0.1, 0.15) is 5.60 Å². The van der Waals surface area contributed by atoms with Crippen LogP contribution in [-0.2, 0) is 4.74 Å². The molecule has 0 saturated heterocycles. The van der Waals surface area contributed by atoms with Crippen LogP contribution < -0.4 is 10.6 Å². The van der Waals surface area contributed by atoms with Gasteiger partial charge in [0.2, 0.25) is 0 Å². The Bertz CT molecular complexity index is 770. The lowest BCUT2D eigenvalue weighted by Crippen LogP contribution is -2.52. The van der Waals surface area contributed by atoms with Crippen molar-refractivity contribution in [1.29, 1.82) is 0 Å². The summed E-state index contributed by atoms with van der Waals surface area (Å²) in [5, 5.41) is 17.2. The van der Waals surface area contributed by atoms with E-state index in [0.717, 1.165) is 18.4 Å². The molecule has 0 aliphatic heterocycles. The van der Waals surface area contributed by atoms with Gasteiger partial charge in [-0.15, -0.1) is 0 Å². The molecule has 0 bridgehead atoms. The number of nitrogens with one attached hydrogen (secondary N) is 2. The molecule has 1 aromatic rings. The second-order valence-corrected chi connectivity index (χ2v) is 9.90. The van der Waals surface area contributed by atoms with Gasteiger partial charge >= 0.3 is 6.09 Å². The van der Waals surface area contributed by atoms with Crippen molar-refractivity contribution < 1.29 is 14.5 Å². The Morgan fingerprint density at radius 3 is 2.23 bits per heavy atom. The summed E-state index contributed by atoms with van der Waals surface area (Å²) in [5.41, 5.74) is 0.340. The van der Waals surface area contributed by atoms with Crippen molar-refractivity contribution in [1.82, 2.24) is 10.6 Å². The molecule has 2 rings (SSSR count). The second-order valence-electron chi connectivity index (χ2n) is 9.46. The average Bonchev–Trinajstić information content (AvgIpc) is 2.70. The number of non-ortho nitro benzene ring substituents is 1. The molecule has 1 fully saturated rings. The van der Waals surface area contributed by atoms with Crippen LogP contribution in [0.5, 0.6) is 0 Å². The molecule has 0 radical (unpaired) electrons. The Balaban J connectivity index is 2.13. The van der Waals surface area contributed by atoms with Crippen molar-refractivity contribution in [2.75, 3.05) is 0 Å². The Hall–Kier alpha value is -2.22. The fraction of sp³-hybridized carbons (Fsp3) is 0.652. The largest absolute Gasteiger partial charge is 0.444 e. The molecule has 0 aromatic heterocycles. The van der Waals surface area contributed by atoms with Crippen LogP contribution >= 0.6 is 12.2 Å². The van der Waals surface area contributed by atoms with E-state index in [-0.39, 0.29) is 23.7 Å². The highest BCUT2D eigenvalue weighted by atomic mass is 32.1. The van der Waals surface area contributed by atoms with Crippen molar-refractivity contribution in [2.45, 2.75) is 84.4 Å². The molecule has 1 amide bonds. The van der Waals surface area contributed by atoms with E-state index in [4.69, 9.17) is 17.0 Å². The lowest BCUT2D eigenvalue weighted by Gasteiger charge is -2.35. The molecule has 1 aliphatic rings. The fourth-order valence-electron chi connectivity index (χ4n) is 4.07. The Kier molecular flexibility index (Phi) is 8.79. The van der Waals surface area contributed by atoms with E-state index in [0.29, 0.717) is 10.9 Å². The van der Waals surface area contributed by atoms with Gasteiger partial charge in [-0.3, -0.25) is 10.1 Å². The van der Waals surface area contributed by atoms with Crippen LogP contribution in [0.4, 0.5) is 10.5 Å². The summed E-state index contributed by atoms with van der Waals surface area (Å²) in [6, 6.07) is 5.90. The first-order valence-electron chi connectivity index (χ1n) is 11.0. The topological polar surface area (TPSA) is 93.5 Å². The van der Waals surface area contributed by atoms with Crippen LogP contribution in [0.25, 0.3) is 0 Å². The molecule has 1 saturated carbocycles. The fourth-order valence-corrected chi connectivity index (χ4v) is 4.52. The van der Waals surface area contributed by atoms with Gasteiger partial charge in [0.25, 0.3) is 5.69 Å². The molecule has 2 N–H and O–H groups in total. The summed E-state index contributed by atoms with van der Waals surface area (Å²) in [5.74, 6) is 0.653. The molecule has 0 spiro atoms. The summed E-state index contributed by atoms with van der Waals surface area (Å²) < 4.78 is 5.48. The number of carbonyl (C=O) groups is 1. The zero-order chi connectivity index (χ0) is 23.2. The van der Waals surface area contributed by atoms with Gasteiger partial charge in [0.15, 0.2) is 0 Å². The molecule has 8 heteroatoms. The minimum atomic E-state index is -0.593. The lowest BCUT2D eigenvalue weighted by molar-refractivity contribution is -0.384. The number of rotatable bonds is 7. The van der Waals surface area contributed by atoms with Crippen molar-refractivity contribution >= 4 is 29.0 Å². The van der Waals surface area contributed by atoms with Crippen molar-refractivity contribution in [2.24, 2.45) is 11.8 Å². The summed E-state index contributed by atoms with van der Waals surface area (Å²) >= 11 is 5.73. The van der Waals surface area contributed by atoms with Gasteiger partial charge in [-0.2, -0.15) is 0 Å². The van der Waals surface area contributed by atoms with E-state index in [2.05, 4.69) is 17.6 Å². The zero-order valence-electron chi connectivity index (χ0n) is 19.1. The monoisotopic (exact) mass is 449 g/mol. The average molecular weight is 450 g/mol. The van der Waals surface area contributed by atoms with Crippen LogP contribution in [0.2, 0.25) is 0 Å². The first-order chi connectivity index (χ1) is 14.5. The second kappa shape index (κ2) is 10.9. The molecular formula is C23H35N3O4S. The molecule has 1 aliphatic carbocycles. The third-order valence-electron chi connectivity index (χ3n) is 5.84. The highest BCUT2D eigenvalue weighted by molar-refractivity contribution is 7.80. The number of amides is 1. The maximum atomic E-state index is 12.5. The van der Waals surface area contributed by atoms with E-state index in [1.54, 1.807) is 12.1 Å². The molecule has 31 heavy (non-hydrogen) atoms. The Morgan fingerprint density at radius 2 is 1.71 bits per heavy atom. The number of hydrogen-bond acceptors (Lipinski definition) is 5. The van der Waals surface area contributed by atoms with Gasteiger partial charge in [-0.25, -0.2) is 4.79 Å². The smallest absolute Gasteiger partial charge is 0.408 e. The van der Waals surface area contributed by atoms with E-state index in [9.17, 15) is 14.9 Å². The standard InChI is InChI=1S/C23H35N3O4S/c1-15(17-9-7-6-8-10-17)20(25-22(27)30-23(3,4)5)21(31)24-16(2)18-11-13-19(14-12-18)26(28)29/h11-17,20H,6-10H2,1-5H3,(H,24,31)(H,25,27)/t15?,16-,20-/m1/s1. The van der Waals surface area contributed by atoms with Crippen LogP contribution in [0.1, 0.15) is 78.3 Å². The van der Waals surface area contributed by atoms with E-state index >= 15 is 0 Å². The highest BCUT2D eigenvalue weighted by Gasteiger charge is 2.32. The van der Waals surface area contributed by atoms with Crippen LogP contribution in [0, 0.1) is 22.0 Å². The highest BCUT2D eigenvalue weighted by Crippen LogP contribution is 2.32. The molecule has 1 unspecified atom stereocenters. The van der Waals surface area contributed by atoms with Crippen molar-refractivity contribution in [3.05, 3.63) is 39.9 Å². The van der Waals surface area contributed by atoms with E-state index < -0.39 is 16.6 Å². The third kappa shape index (κ3) is 7.76. The first-order valence-corrected chi connectivity index (χ1v) is 11.4. The summed E-state index contributed by atoms with van der Waals surface area (Å²) in [6.07, 6.45) is 5.45. The number of benzene rings is 1. The summed E-state index contributed by atoms with van der Waals surface area (Å²) in [6.45, 7) is 9.59. The van der Waals surface area contributed by atoms with Gasteiger partial charge in [-0.1, -0.05) is 63.4 Å². The molecule has 3 atom stereocenters. The minimum absolute atomic E-state index is 0.0499. The summed E-state index contributed by atoms with van der Waals surface area (Å²) in [7, 11) is 0. The Labute approximate surface area is 190 Å². The lowest BCUT2D eigenvalue weighted by atomic mass is 9.77. The van der Waals surface area contributed by atoms with Gasteiger partial charge in [0.05, 0.1) is 16.0 Å². The number of ether oxygens (including phenoxy) is 1. The Morgan fingerprint density at radius 1 is 1.13 bits per heavy atom. The van der Waals surface area contributed by atoms with Crippen LogP contribution in [-0.4, -0.2) is 27.6 Å². The number of thiocarbonyl (C=S) groups is 1. The normalized spacial score (nSPS) is 17.8. The molecule has 7 nitrogen and oxygen atoms in total. The number of alkyl carbamates (subject to hydrolysis) is 1. The number of carbonyl (C=O) groups excluding carboxylic acids is 1. The molecule has 1 aromatic carbocycles. The molecule has 172 valence electrons. The quantitative estimate of drug-likeness (QED) is 0.316. The van der Waals surface area contributed by atoms with E-state index in [1.807, 2.05) is 27.7 Å². The van der Waals surface area contributed by atoms with Crippen LogP contribution in [0.3, 0.4) is 0 Å². The maximum Gasteiger partial charge on any atom is 0.408 e. The zero-order valence-corrected chi connectivity index (χ0v) is 20.0. The van der Waals surface area contributed by atoms with Gasteiger partial charge in [0, 0.05) is 18.2 Å². The predicted octanol–water partition coefficient (Wildman–Crippen LogP) is 5.68. The number of hydrogen-bond donors (Lipinski definition) is 2. The SMILES string of the molecule is CC(C1CCCCC1)[C@@H](NC(=O)OC(C)(C)C)C(=S)N[C@H](C)c1ccc([N+](=O)[O-])cc1. The van der Waals surface area contributed by atoms with E-state index in [1.165, 1.54) is 31.4 Å². The number of nitro groups is 1. The van der Waals surface area contributed by atoms with Gasteiger partial charge < -0.3 is 15.4 Å². The van der Waals surface area contributed by atoms with Crippen molar-refractivity contribution in [3.63, 3.8) is 0 Å². The van der Waals surface area contributed by atoms with Gasteiger partial charge in [-0.05, 0) is 45.1 Å². The van der Waals surface area contributed by atoms with Crippen molar-refractivity contribution in [3.8, 4) is 0 Å². The maximum absolute atomic E-state index is 12.5. The minimum Gasteiger partial charge on any atom is -0.444 e. The molecule has 0 heterocycles. The third-order valence-corrected chi connectivity index (χ3v) is 6.21. The first kappa shape index (κ1) is 25.0. The number of nitrogens with zero attached hydrogens (tertiary/aromatic N) is 1.